The van der Waals surface area contributed by atoms with Crippen molar-refractivity contribution in [1.82, 2.24) is 10.2 Å². The second-order valence-corrected chi connectivity index (χ2v) is 4.52. The van der Waals surface area contributed by atoms with Crippen LogP contribution >= 0.6 is 0 Å². The first-order chi connectivity index (χ1) is 6.49. The number of aromatic nitrogens is 2. The molecule has 3 heteroatoms. The van der Waals surface area contributed by atoms with Gasteiger partial charge in [-0.2, -0.15) is 10.2 Å². The van der Waals surface area contributed by atoms with Crippen LogP contribution in [-0.4, -0.2) is 10.2 Å². The van der Waals surface area contributed by atoms with Crippen LogP contribution in [0.1, 0.15) is 44.6 Å². The van der Waals surface area contributed by atoms with Gasteiger partial charge in [0, 0.05) is 12.0 Å². The fourth-order valence-corrected chi connectivity index (χ4v) is 1.44. The number of nitrogens with two attached hydrogens (primary N) is 1. The van der Waals surface area contributed by atoms with Gasteiger partial charge >= 0.3 is 0 Å². The van der Waals surface area contributed by atoms with Crippen LogP contribution < -0.4 is 5.73 Å². The maximum atomic E-state index is 5.70. The first kappa shape index (κ1) is 11.1. The van der Waals surface area contributed by atoms with Gasteiger partial charge in [-0.3, -0.25) is 0 Å². The Labute approximate surface area is 85.7 Å². The molecule has 0 spiro atoms. The topological polar surface area (TPSA) is 51.8 Å². The smallest absolute Gasteiger partial charge is 0.0729 e. The second-order valence-electron chi connectivity index (χ2n) is 4.52. The molecular weight excluding hydrogens is 174 g/mol. The summed E-state index contributed by atoms with van der Waals surface area (Å²) in [6.45, 7) is 8.99. The molecule has 0 amide bonds. The van der Waals surface area contributed by atoms with Gasteiger partial charge in [0.05, 0.1) is 11.4 Å². The molecule has 0 unspecified atom stereocenters. The zero-order valence-electron chi connectivity index (χ0n) is 9.46. The van der Waals surface area contributed by atoms with Gasteiger partial charge in [0.25, 0.3) is 0 Å². The molecule has 1 rings (SSSR count). The molecule has 0 bridgehead atoms. The summed E-state index contributed by atoms with van der Waals surface area (Å²) >= 11 is 0. The van der Waals surface area contributed by atoms with Crippen LogP contribution in [0.5, 0.6) is 0 Å². The van der Waals surface area contributed by atoms with Crippen molar-refractivity contribution < 1.29 is 0 Å². The predicted octanol–water partition coefficient (Wildman–Crippen LogP) is 1.80. The van der Waals surface area contributed by atoms with E-state index in [9.17, 15) is 0 Å². The van der Waals surface area contributed by atoms with Gasteiger partial charge in [-0.05, 0) is 18.1 Å². The molecule has 0 atom stereocenters. The Morgan fingerprint density at radius 2 is 1.93 bits per heavy atom. The minimum atomic E-state index is 0.0218. The summed E-state index contributed by atoms with van der Waals surface area (Å²) < 4.78 is 0. The molecule has 14 heavy (non-hydrogen) atoms. The van der Waals surface area contributed by atoms with Crippen LogP contribution in [0.3, 0.4) is 0 Å². The molecule has 78 valence electrons. The fraction of sp³-hybridized carbons (Fsp3) is 0.636. The summed E-state index contributed by atoms with van der Waals surface area (Å²) in [7, 11) is 0. The lowest BCUT2D eigenvalue weighted by atomic mass is 9.88. The van der Waals surface area contributed by atoms with Gasteiger partial charge in [0.2, 0.25) is 0 Å². The van der Waals surface area contributed by atoms with E-state index in [1.807, 2.05) is 0 Å². The van der Waals surface area contributed by atoms with Crippen LogP contribution in [0.4, 0.5) is 0 Å². The number of hydrogen-bond acceptors (Lipinski definition) is 3. The highest BCUT2D eigenvalue weighted by Crippen LogP contribution is 2.23. The first-order valence-electron chi connectivity index (χ1n) is 5.05. The van der Waals surface area contributed by atoms with E-state index in [0.29, 0.717) is 6.54 Å². The molecule has 2 N–H and O–H groups in total. The molecular formula is C11H19N3. The molecule has 3 nitrogen and oxygen atoms in total. The first-order valence-corrected chi connectivity index (χ1v) is 5.05. The van der Waals surface area contributed by atoms with Gasteiger partial charge in [-0.1, -0.05) is 27.7 Å². The molecule has 0 radical (unpaired) electrons. The van der Waals surface area contributed by atoms with Crippen molar-refractivity contribution in [2.45, 2.75) is 46.1 Å². The lowest BCUT2D eigenvalue weighted by molar-refractivity contribution is 0.547. The molecule has 0 aliphatic carbocycles. The van der Waals surface area contributed by atoms with Crippen molar-refractivity contribution in [2.75, 3.05) is 0 Å². The Bertz CT molecular complexity index is 313. The average molecular weight is 193 g/mol. The van der Waals surface area contributed by atoms with Crippen LogP contribution in [0, 0.1) is 0 Å². The van der Waals surface area contributed by atoms with E-state index in [4.69, 9.17) is 5.73 Å². The molecule has 0 saturated heterocycles. The van der Waals surface area contributed by atoms with Crippen molar-refractivity contribution >= 4 is 0 Å². The van der Waals surface area contributed by atoms with Crippen molar-refractivity contribution in [3.05, 3.63) is 23.0 Å². The minimum absolute atomic E-state index is 0.0218. The van der Waals surface area contributed by atoms with E-state index in [1.165, 1.54) is 0 Å². The van der Waals surface area contributed by atoms with Crippen molar-refractivity contribution in [3.63, 3.8) is 0 Å². The van der Waals surface area contributed by atoms with E-state index >= 15 is 0 Å². The maximum Gasteiger partial charge on any atom is 0.0729 e. The van der Waals surface area contributed by atoms with Gasteiger partial charge < -0.3 is 5.73 Å². The Morgan fingerprint density at radius 3 is 2.36 bits per heavy atom. The highest BCUT2D eigenvalue weighted by molar-refractivity contribution is 5.26. The second kappa shape index (κ2) is 4.05. The lowest BCUT2D eigenvalue weighted by Gasteiger charge is -2.20. The quantitative estimate of drug-likeness (QED) is 0.779. The fourth-order valence-electron chi connectivity index (χ4n) is 1.44. The van der Waals surface area contributed by atoms with Crippen LogP contribution in [-0.2, 0) is 18.4 Å². The summed E-state index contributed by atoms with van der Waals surface area (Å²) in [5.41, 5.74) is 8.86. The van der Waals surface area contributed by atoms with Gasteiger partial charge in [-0.15, -0.1) is 0 Å². The maximum absolute atomic E-state index is 5.70. The summed E-state index contributed by atoms with van der Waals surface area (Å²) in [6.07, 6.45) is 0.907. The van der Waals surface area contributed by atoms with Crippen LogP contribution in [0.15, 0.2) is 6.07 Å². The summed E-state index contributed by atoms with van der Waals surface area (Å²) in [5.74, 6) is 0. The molecule has 0 fully saturated rings. The SMILES string of the molecule is CCc1cc(CN)c(C(C)(C)C)nn1. The van der Waals surface area contributed by atoms with Gasteiger partial charge in [0.1, 0.15) is 0 Å². The summed E-state index contributed by atoms with van der Waals surface area (Å²) in [4.78, 5) is 0. The Hall–Kier alpha value is -0.960. The Kier molecular flexibility index (Phi) is 3.21. The zero-order valence-corrected chi connectivity index (χ0v) is 9.46. The van der Waals surface area contributed by atoms with Crippen molar-refractivity contribution in [2.24, 2.45) is 5.73 Å². The third kappa shape index (κ3) is 2.29. The van der Waals surface area contributed by atoms with Crippen molar-refractivity contribution in [1.29, 1.82) is 0 Å². The van der Waals surface area contributed by atoms with Crippen molar-refractivity contribution in [3.8, 4) is 0 Å². The Balaban J connectivity index is 3.18. The van der Waals surface area contributed by atoms with E-state index < -0.39 is 0 Å². The molecule has 0 aliphatic heterocycles. The number of aryl methyl sites for hydroxylation is 1. The number of nitrogens with zero attached hydrogens (tertiary/aromatic N) is 2. The predicted molar refractivity (Wildman–Crippen MR) is 58.0 cm³/mol. The lowest BCUT2D eigenvalue weighted by Crippen LogP contribution is -2.19. The Morgan fingerprint density at radius 1 is 1.29 bits per heavy atom. The summed E-state index contributed by atoms with van der Waals surface area (Å²) in [5, 5.41) is 8.43. The monoisotopic (exact) mass is 193 g/mol. The standard InChI is InChI=1S/C11H19N3/c1-5-9-6-8(7-12)10(14-13-9)11(2,3)4/h6H,5,7,12H2,1-4H3. The minimum Gasteiger partial charge on any atom is -0.326 e. The largest absolute Gasteiger partial charge is 0.326 e. The molecule has 1 aromatic rings. The average Bonchev–Trinajstić information content (AvgIpc) is 2.15. The van der Waals surface area contributed by atoms with Crippen LogP contribution in [0.25, 0.3) is 0 Å². The van der Waals surface area contributed by atoms with E-state index in [1.54, 1.807) is 0 Å². The number of rotatable bonds is 2. The zero-order chi connectivity index (χ0) is 10.8. The highest BCUT2D eigenvalue weighted by atomic mass is 15.1. The number of hydrogen-bond donors (Lipinski definition) is 1. The summed E-state index contributed by atoms with van der Waals surface area (Å²) in [6, 6.07) is 2.06. The van der Waals surface area contributed by atoms with E-state index in [0.717, 1.165) is 23.4 Å². The van der Waals surface area contributed by atoms with E-state index in [2.05, 4.69) is 44.0 Å². The third-order valence-corrected chi connectivity index (χ3v) is 2.22. The highest BCUT2D eigenvalue weighted by Gasteiger charge is 2.19. The molecule has 1 heterocycles. The molecule has 1 aromatic heterocycles. The van der Waals surface area contributed by atoms with Gasteiger partial charge in [0.15, 0.2) is 0 Å². The molecule has 0 saturated carbocycles. The molecule has 0 aromatic carbocycles. The normalized spacial score (nSPS) is 11.8. The molecule has 0 aliphatic rings. The van der Waals surface area contributed by atoms with Gasteiger partial charge in [-0.25, -0.2) is 0 Å². The van der Waals surface area contributed by atoms with E-state index in [-0.39, 0.29) is 5.41 Å². The third-order valence-electron chi connectivity index (χ3n) is 2.22. The van der Waals surface area contributed by atoms with Crippen LogP contribution in [0.2, 0.25) is 0 Å².